The summed E-state index contributed by atoms with van der Waals surface area (Å²) in [5.74, 6) is -3.98. The molecule has 0 aliphatic carbocycles. The smallest absolute Gasteiger partial charge is 0.472 e. The Hall–Kier alpha value is -8.21. The number of alkyl carbamates (subject to hydrolysis) is 1. The lowest BCUT2D eigenvalue weighted by molar-refractivity contribution is -0.909. The number of nitrogens with zero attached hydrogens (tertiary/aromatic N) is 3. The minimum Gasteiger partial charge on any atom is -0.480 e. The van der Waals surface area contributed by atoms with Gasteiger partial charge in [0.05, 0.1) is 25.1 Å². The second-order valence-electron chi connectivity index (χ2n) is 26.1. The van der Waals surface area contributed by atoms with Crippen LogP contribution in [0.2, 0.25) is 0 Å². The molecule has 1 aromatic carbocycles. The van der Waals surface area contributed by atoms with Crippen molar-refractivity contribution < 1.29 is 288 Å². The Morgan fingerprint density at radius 2 is 0.851 bits per heavy atom. The fraction of sp³-hybridized carbons (Fsp3) is 0.697. The number of nitrogens with one attached hydrogen (secondary N) is 4. The summed E-state index contributed by atoms with van der Waals surface area (Å²) in [7, 11) is -4.78. The van der Waals surface area contributed by atoms with Gasteiger partial charge in [0, 0.05) is 209 Å². The van der Waals surface area contributed by atoms with Gasteiger partial charge in [-0.3, -0.25) is 38.0 Å². The average Bonchev–Trinajstić information content (AvgIpc) is 0.810. The molecule has 0 radical (unpaired) electrons. The topological polar surface area (TPSA) is 746 Å². The van der Waals surface area contributed by atoms with Crippen molar-refractivity contribution in [2.75, 3.05) is 45.3 Å². The van der Waals surface area contributed by atoms with E-state index < -0.39 is 94.4 Å². The number of nitrogens with two attached hydrogens (primary N) is 1. The third kappa shape index (κ3) is 74.0. The van der Waals surface area contributed by atoms with Crippen molar-refractivity contribution in [2.24, 2.45) is 0 Å². The lowest BCUT2D eigenvalue weighted by atomic mass is 10.0. The summed E-state index contributed by atoms with van der Waals surface area (Å²) in [6.45, 7) is 1.64. The van der Waals surface area contributed by atoms with E-state index in [4.69, 9.17) is 29.0 Å². The number of benzene rings is 1. The van der Waals surface area contributed by atoms with E-state index in [1.165, 1.54) is 147 Å². The molecule has 3 rings (SSSR count). The Kier molecular flexibility index (Phi) is 78.4. The van der Waals surface area contributed by atoms with Gasteiger partial charge in [-0.1, -0.05) is 206 Å². The highest BCUT2D eigenvalue weighted by atomic mass is 31.2. The molecule has 1 unspecified atom stereocenters. The second kappa shape index (κ2) is 87.6. The zero-order valence-corrected chi connectivity index (χ0v) is 72.8. The largest absolute Gasteiger partial charge is 0.480 e. The number of H-pyrrole nitrogens is 1. The van der Waals surface area contributed by atoms with Crippen LogP contribution < -0.4 is 27.2 Å². The summed E-state index contributed by atoms with van der Waals surface area (Å²) in [6, 6.07) is 4.82. The van der Waals surface area contributed by atoms with E-state index in [1.54, 1.807) is 12.1 Å². The molecule has 0 aliphatic heterocycles. The number of anilines is 1. The Morgan fingerprint density at radius 1 is 0.455 bits per heavy atom. The number of carboxylic acid groups (broad SMARTS) is 1. The van der Waals surface area contributed by atoms with E-state index in [0.717, 1.165) is 63.1 Å². The van der Waals surface area contributed by atoms with Crippen molar-refractivity contribution in [3.8, 4) is 0 Å². The highest BCUT2D eigenvalue weighted by molar-refractivity contribution is 7.47. The predicted octanol–water partition coefficient (Wildman–Crippen LogP) is 9.54. The van der Waals surface area contributed by atoms with Crippen molar-refractivity contribution in [2.45, 2.75) is 257 Å². The van der Waals surface area contributed by atoms with Gasteiger partial charge in [-0.2, -0.15) is 4.98 Å². The molecule has 8 N–H and O–H groups in total. The third-order valence-electron chi connectivity index (χ3n) is 16.4. The molecule has 68 heteroatoms. The zero-order chi connectivity index (χ0) is 96.4. The van der Waals surface area contributed by atoms with E-state index in [9.17, 15) is 48.1 Å². The van der Waals surface area contributed by atoms with Crippen LogP contribution in [0, 0.1) is 0 Å². The molecule has 770 valence electrons. The zero-order valence-electron chi connectivity index (χ0n) is 71.9. The number of esters is 2. The number of fused-ring (bicyclic) bond motifs is 1. The Labute approximate surface area is 755 Å². The van der Waals surface area contributed by atoms with Gasteiger partial charge in [-0.25, -0.2) is 29.0 Å². The number of aromatic amines is 1. The molecule has 0 saturated carbocycles. The van der Waals surface area contributed by atoms with E-state index in [0.29, 0.717) is 37.6 Å². The van der Waals surface area contributed by atoms with Gasteiger partial charge in [0.2, 0.25) is 11.9 Å². The van der Waals surface area contributed by atoms with Crippen LogP contribution in [-0.2, 0) is 281 Å². The number of hydrogen-bond donors (Lipinski definition) is 7. The highest BCUT2D eigenvalue weighted by Crippen LogP contribution is 2.43. The number of hydrogen-bond acceptors (Lipinski definition) is 61. The molecule has 3 amide bonds. The van der Waals surface area contributed by atoms with Crippen LogP contribution >= 0.6 is 7.82 Å². The molecule has 0 spiro atoms. The summed E-state index contributed by atoms with van der Waals surface area (Å²) in [5, 5.41) is 169. The van der Waals surface area contributed by atoms with Gasteiger partial charge in [0.15, 0.2) is 17.3 Å². The molecule has 0 bridgehead atoms. The number of phosphoric ester groups is 1. The van der Waals surface area contributed by atoms with Gasteiger partial charge in [-0.15, -0.1) is 0 Å². The number of aryl methyl sites for hydroxylation is 2. The Bertz CT molecular complexity index is 3510. The minimum absolute atomic E-state index is 0.0329. The summed E-state index contributed by atoms with van der Waals surface area (Å²) in [4.78, 5) is 120. The van der Waals surface area contributed by atoms with Crippen molar-refractivity contribution in [3.63, 3.8) is 0 Å². The third-order valence-corrected chi connectivity index (χ3v) is 17.4. The van der Waals surface area contributed by atoms with Gasteiger partial charge >= 0.3 is 31.8 Å². The van der Waals surface area contributed by atoms with Crippen LogP contribution in [0.1, 0.15) is 254 Å². The van der Waals surface area contributed by atoms with E-state index in [2.05, 4.69) is 271 Å². The maximum Gasteiger partial charge on any atom is 0.472 e. The molecule has 0 saturated heterocycles. The molecule has 0 fully saturated rings. The van der Waals surface area contributed by atoms with Crippen LogP contribution in [0.5, 0.6) is 0 Å². The number of amides is 3. The van der Waals surface area contributed by atoms with Crippen LogP contribution in [-0.4, -0.2) is 117 Å². The number of carbonyl (C=O) groups is 6. The first-order valence-electron chi connectivity index (χ1n) is 40.8. The van der Waals surface area contributed by atoms with E-state index in [-0.39, 0.29) is 54.9 Å². The SMILES string of the molecule is CCCCCCCCCCCCCCCCCC(=O)OC[C@H](COP(=O)(O)OCCNC(=O)OCCOOOOOOOOOOOOOOOOOOOOOOOOOOOOOOOOOOOOOOOOOOOO/C=C\NC(=O)CC[C@H](NC(=O)c1ccc(CCc2cnc3nc(N)[nH]c(=O)c3n2)cc1)C(=O)O)OC(=O)CCCCCCCCCCCCCCCCC. The van der Waals surface area contributed by atoms with Gasteiger partial charge in [-0.05, 0) is 90.1 Å². The van der Waals surface area contributed by atoms with E-state index >= 15 is 0 Å². The Balaban J connectivity index is 0.999. The number of carboxylic acids is 1. The molecule has 0 aliphatic rings. The average molecular weight is 1990 g/mol. The number of nitrogen functional groups attached to an aromatic ring is 1. The number of ether oxygens (including phenoxy) is 3. The Morgan fingerprint density at radius 3 is 1.27 bits per heavy atom. The van der Waals surface area contributed by atoms with Crippen molar-refractivity contribution in [1.82, 2.24) is 35.9 Å². The van der Waals surface area contributed by atoms with Gasteiger partial charge in [0.1, 0.15) is 32.1 Å². The normalized spacial score (nSPS) is 12.5. The first kappa shape index (κ1) is 120. The van der Waals surface area contributed by atoms with Crippen molar-refractivity contribution in [1.29, 1.82) is 0 Å². The number of phosphoric acid groups is 1. The number of unbranched alkanes of at least 4 members (excludes halogenated alkanes) is 28. The molecule has 67 nitrogen and oxygen atoms in total. The summed E-state index contributed by atoms with van der Waals surface area (Å²) >= 11 is 0. The first-order valence-corrected chi connectivity index (χ1v) is 42.3. The lowest BCUT2D eigenvalue weighted by Crippen LogP contribution is -2.41. The summed E-state index contributed by atoms with van der Waals surface area (Å²) in [6.07, 6.45) is 36.4. The molecule has 134 heavy (non-hydrogen) atoms. The van der Waals surface area contributed by atoms with Crippen LogP contribution in [0.25, 0.3) is 11.2 Å². The molecule has 2 heterocycles. The number of aromatic nitrogens is 4. The van der Waals surface area contributed by atoms with Crippen LogP contribution in [0.4, 0.5) is 10.7 Å². The lowest BCUT2D eigenvalue weighted by Gasteiger charge is -2.20. The monoisotopic (exact) mass is 1990 g/mol. The molecule has 3 atom stereocenters. The maximum atomic E-state index is 12.9. The molecular weight excluding hydrogens is 1880 g/mol. The van der Waals surface area contributed by atoms with Crippen LogP contribution in [0.15, 0.2) is 47.7 Å². The quantitative estimate of drug-likeness (QED) is 0.00525. The minimum atomic E-state index is -4.78. The van der Waals surface area contributed by atoms with Crippen LogP contribution in [0.3, 0.4) is 0 Å². The highest BCUT2D eigenvalue weighted by Gasteiger charge is 2.27. The van der Waals surface area contributed by atoms with Gasteiger partial charge < -0.3 is 50.8 Å². The predicted molar refractivity (Wildman–Crippen MR) is 395 cm³/mol. The fourth-order valence-electron chi connectivity index (χ4n) is 10.4. The maximum absolute atomic E-state index is 12.9. The molecular formula is C66H107N8O59P. The van der Waals surface area contributed by atoms with Crippen molar-refractivity contribution >= 4 is 60.8 Å². The fourth-order valence-corrected chi connectivity index (χ4v) is 11.1. The van der Waals surface area contributed by atoms with E-state index in [1.807, 2.05) is 0 Å². The number of carbonyl (C=O) groups excluding carboxylic acids is 5. The van der Waals surface area contributed by atoms with Gasteiger partial charge in [0.25, 0.3) is 11.5 Å². The number of rotatable bonds is 99. The summed E-state index contributed by atoms with van der Waals surface area (Å²) in [5.41, 5.74) is 6.58. The first-order chi connectivity index (χ1) is 65.6. The van der Waals surface area contributed by atoms with Crippen molar-refractivity contribution in [3.05, 3.63) is 70.1 Å². The molecule has 3 aromatic rings. The number of aliphatic carboxylic acids is 1. The second-order valence-corrected chi connectivity index (χ2v) is 27.5. The standard InChI is InChI=1S/C66H107N8O59P/c1-3-5-7-9-11-13-15-17-19-21-23-25-27-29-31-33-58(76)86-50-55(91-59(77)34-32-30-28-26-24-22-20-18-16-14-12-10-8-6-4-2)51-90-134(83,84)89-46-44-69-66(82)85-47-48-88-93-95-97-99-101-103-105-107-109-111-113-115-117-119-121-123-125-127-129-131-133-132-130-128-126-124-122-120-118-116-114-112-110-108-106-104-102-100-98-96-94-92-87-45-43-68-57(75)42-41-56(64(80)81)72-62(78)53-38-35-52(36-39-53)37-40-54-49-70-61-60(71-54)63(79)74-65(67)73-61/h35-36,38-39,43,45,49,55-56H,3-34,37,40-42,44,46-48,50-51H2,1-2H3,(H,68,75)(H,69,82)(H,72,78)(H,80,81)(H,83,84)(H3,67,70,73,74,79)/b45-43-/t55-,56+/m1/s1. The molecule has 2 aromatic heterocycles. The summed E-state index contributed by atoms with van der Waals surface area (Å²) < 4.78 is 38.5.